The molecule has 0 saturated heterocycles. The quantitative estimate of drug-likeness (QED) is 0.463. The first-order chi connectivity index (χ1) is 16.4. The molecule has 3 heterocycles. The zero-order valence-electron chi connectivity index (χ0n) is 18.1. The number of aliphatic hydroxyl groups is 1. The van der Waals surface area contributed by atoms with E-state index in [0.717, 1.165) is 12.1 Å². The predicted octanol–water partition coefficient (Wildman–Crippen LogP) is 1.92. The summed E-state index contributed by atoms with van der Waals surface area (Å²) in [4.78, 5) is 24.0. The van der Waals surface area contributed by atoms with Gasteiger partial charge in [0.05, 0.1) is 22.5 Å². The lowest BCUT2D eigenvalue weighted by Gasteiger charge is -2.50. The van der Waals surface area contributed by atoms with Gasteiger partial charge < -0.3 is 10.0 Å². The molecule has 0 aliphatic carbocycles. The van der Waals surface area contributed by atoms with E-state index in [4.69, 9.17) is 0 Å². The van der Waals surface area contributed by atoms with Crippen LogP contribution < -0.4 is 4.90 Å². The van der Waals surface area contributed by atoms with Gasteiger partial charge in [-0.25, -0.2) is 23.4 Å². The molecule has 1 amide bonds. The molecule has 10 nitrogen and oxygen atoms in total. The van der Waals surface area contributed by atoms with Crippen LogP contribution in [0.5, 0.6) is 0 Å². The fourth-order valence-corrected chi connectivity index (χ4v) is 4.18. The number of hydrogen-bond acceptors (Lipinski definition) is 7. The molecule has 5 rings (SSSR count). The molecule has 0 bridgehead atoms. The number of rotatable bonds is 6. The average Bonchev–Trinajstić information content (AvgIpc) is 3.54. The van der Waals surface area contributed by atoms with Crippen molar-refractivity contribution in [1.29, 1.82) is 0 Å². The summed E-state index contributed by atoms with van der Waals surface area (Å²) >= 11 is 0. The second-order valence-corrected chi connectivity index (χ2v) is 7.83. The van der Waals surface area contributed by atoms with Gasteiger partial charge in [-0.1, -0.05) is 0 Å². The lowest BCUT2D eigenvalue weighted by Crippen LogP contribution is -2.63. The van der Waals surface area contributed by atoms with Crippen LogP contribution in [0.4, 0.5) is 14.5 Å². The number of anilines is 1. The maximum atomic E-state index is 15.0. The lowest BCUT2D eigenvalue weighted by atomic mass is 9.97. The van der Waals surface area contributed by atoms with Gasteiger partial charge in [0.25, 0.3) is 11.8 Å². The molecule has 2 aromatic carbocycles. The minimum Gasteiger partial charge on any atom is -0.350 e. The Labute approximate surface area is 192 Å². The highest BCUT2D eigenvalue weighted by molar-refractivity contribution is 6.02. The van der Waals surface area contributed by atoms with Crippen molar-refractivity contribution in [2.75, 3.05) is 18.5 Å². The molecule has 1 unspecified atom stereocenters. The Morgan fingerprint density at radius 1 is 1.00 bits per heavy atom. The maximum Gasteiger partial charge on any atom is 0.259 e. The van der Waals surface area contributed by atoms with Crippen molar-refractivity contribution in [3.63, 3.8) is 0 Å². The van der Waals surface area contributed by atoms with Crippen LogP contribution >= 0.6 is 0 Å². The van der Waals surface area contributed by atoms with Crippen LogP contribution in [0.15, 0.2) is 61.7 Å². The highest BCUT2D eigenvalue weighted by Gasteiger charge is 2.50. The van der Waals surface area contributed by atoms with Gasteiger partial charge in [-0.05, 0) is 36.8 Å². The number of carbonyl (C=O) groups is 1. The number of fused-ring (bicyclic) bond motifs is 1. The molecule has 1 aliphatic rings. The van der Waals surface area contributed by atoms with Crippen LogP contribution in [-0.2, 0) is 12.4 Å². The van der Waals surface area contributed by atoms with Crippen LogP contribution in [0.25, 0.3) is 5.69 Å². The highest BCUT2D eigenvalue weighted by atomic mass is 19.1. The Morgan fingerprint density at radius 3 is 2.50 bits per heavy atom. The van der Waals surface area contributed by atoms with Crippen molar-refractivity contribution < 1.29 is 18.7 Å². The van der Waals surface area contributed by atoms with Crippen molar-refractivity contribution in [1.82, 2.24) is 34.4 Å². The van der Waals surface area contributed by atoms with Gasteiger partial charge in [-0.2, -0.15) is 10.2 Å². The number of amides is 1. The SMILES string of the molecule is CN1c2cc(-n3cncn3)ccc2C(=O)N(CCCn2cncn2)C1(O)c1ccc(F)cc1F. The molecule has 34 heavy (non-hydrogen) atoms. The molecule has 1 atom stereocenters. The Bertz CT molecular complexity index is 1330. The Kier molecular flexibility index (Phi) is 5.28. The largest absolute Gasteiger partial charge is 0.350 e. The summed E-state index contributed by atoms with van der Waals surface area (Å²) in [5.74, 6) is -4.48. The van der Waals surface area contributed by atoms with E-state index in [1.165, 1.54) is 39.8 Å². The number of hydrogen-bond donors (Lipinski definition) is 1. The van der Waals surface area contributed by atoms with E-state index in [-0.39, 0.29) is 12.1 Å². The molecule has 0 saturated carbocycles. The predicted molar refractivity (Wildman–Crippen MR) is 116 cm³/mol. The molecule has 174 valence electrons. The van der Waals surface area contributed by atoms with Gasteiger partial charge in [0.1, 0.15) is 36.9 Å². The zero-order valence-corrected chi connectivity index (χ0v) is 18.1. The van der Waals surface area contributed by atoms with Crippen LogP contribution in [0, 0.1) is 11.6 Å². The minimum atomic E-state index is -2.22. The topological polar surface area (TPSA) is 105 Å². The fraction of sp³-hybridized carbons (Fsp3) is 0.227. The standard InChI is InChI=1S/C22H20F2N8O2/c1-29-20-10-16(32-14-26-12-28-32)4-5-17(20)21(33)31(8-2-7-30-13-25-11-27-30)22(29,34)18-6-3-15(23)9-19(18)24/h3-6,9-14,34H,2,7-8H2,1H3. The average molecular weight is 466 g/mol. The highest BCUT2D eigenvalue weighted by Crippen LogP contribution is 2.42. The van der Waals surface area contributed by atoms with Crippen LogP contribution in [0.2, 0.25) is 0 Å². The molecule has 2 aromatic heterocycles. The van der Waals surface area contributed by atoms with Gasteiger partial charge in [-0.15, -0.1) is 0 Å². The van der Waals surface area contributed by atoms with Crippen molar-refractivity contribution in [2.24, 2.45) is 0 Å². The van der Waals surface area contributed by atoms with Crippen LogP contribution in [-0.4, -0.2) is 59.0 Å². The number of nitrogens with zero attached hydrogens (tertiary/aromatic N) is 8. The van der Waals surface area contributed by atoms with E-state index >= 15 is 0 Å². The number of benzene rings is 2. The first-order valence-corrected chi connectivity index (χ1v) is 10.4. The van der Waals surface area contributed by atoms with Crippen molar-refractivity contribution in [2.45, 2.75) is 18.8 Å². The van der Waals surface area contributed by atoms with E-state index in [0.29, 0.717) is 36.0 Å². The second-order valence-electron chi connectivity index (χ2n) is 7.83. The van der Waals surface area contributed by atoms with Gasteiger partial charge in [0, 0.05) is 26.2 Å². The molecule has 12 heteroatoms. The molecule has 0 radical (unpaired) electrons. The number of aromatic nitrogens is 6. The van der Waals surface area contributed by atoms with Gasteiger partial charge in [0.15, 0.2) is 0 Å². The summed E-state index contributed by atoms with van der Waals surface area (Å²) in [5.41, 5.74) is 1.02. The molecule has 0 fully saturated rings. The number of aryl methyl sites for hydroxylation is 1. The van der Waals surface area contributed by atoms with Crippen LogP contribution in [0.1, 0.15) is 22.3 Å². The summed E-state index contributed by atoms with van der Waals surface area (Å²) < 4.78 is 31.7. The fourth-order valence-electron chi connectivity index (χ4n) is 4.18. The Hall–Kier alpha value is -4.19. The first-order valence-electron chi connectivity index (χ1n) is 10.4. The number of carbonyl (C=O) groups excluding carboxylic acids is 1. The minimum absolute atomic E-state index is 0.0701. The van der Waals surface area contributed by atoms with Gasteiger partial charge in [-0.3, -0.25) is 14.4 Å². The number of halogens is 2. The molecule has 4 aromatic rings. The van der Waals surface area contributed by atoms with E-state index in [1.54, 1.807) is 29.9 Å². The van der Waals surface area contributed by atoms with Crippen molar-refractivity contribution >= 4 is 11.6 Å². The third-order valence-electron chi connectivity index (χ3n) is 5.87. The smallest absolute Gasteiger partial charge is 0.259 e. The maximum absolute atomic E-state index is 15.0. The third-order valence-corrected chi connectivity index (χ3v) is 5.87. The summed E-state index contributed by atoms with van der Waals surface area (Å²) in [7, 11) is 1.55. The van der Waals surface area contributed by atoms with Crippen molar-refractivity contribution in [3.8, 4) is 5.69 Å². The van der Waals surface area contributed by atoms with Crippen LogP contribution in [0.3, 0.4) is 0 Å². The summed E-state index contributed by atoms with van der Waals surface area (Å²) in [6.07, 6.45) is 6.20. The summed E-state index contributed by atoms with van der Waals surface area (Å²) in [5, 5.41) is 20.1. The zero-order chi connectivity index (χ0) is 23.9. The third kappa shape index (κ3) is 3.48. The summed E-state index contributed by atoms with van der Waals surface area (Å²) in [6.45, 7) is 0.494. The van der Waals surface area contributed by atoms with Gasteiger partial charge in [0.2, 0.25) is 0 Å². The van der Waals surface area contributed by atoms with Crippen molar-refractivity contribution in [3.05, 3.63) is 84.5 Å². The van der Waals surface area contributed by atoms with E-state index in [9.17, 15) is 18.7 Å². The molecule has 1 N–H and O–H groups in total. The van der Waals surface area contributed by atoms with Gasteiger partial charge >= 0.3 is 0 Å². The lowest BCUT2D eigenvalue weighted by molar-refractivity contribution is -0.0992. The first kappa shape index (κ1) is 21.6. The molecular formula is C22H20F2N8O2. The monoisotopic (exact) mass is 466 g/mol. The second kappa shape index (κ2) is 8.30. The Balaban J connectivity index is 1.59. The molecular weight excluding hydrogens is 446 g/mol. The Morgan fingerprint density at radius 2 is 1.79 bits per heavy atom. The molecule has 1 aliphatic heterocycles. The summed E-state index contributed by atoms with van der Waals surface area (Å²) in [6, 6.07) is 7.85. The van der Waals surface area contributed by atoms with E-state index in [1.807, 2.05) is 0 Å². The normalized spacial score (nSPS) is 17.8. The van der Waals surface area contributed by atoms with E-state index in [2.05, 4.69) is 20.2 Å². The van der Waals surface area contributed by atoms with E-state index < -0.39 is 23.4 Å². The molecule has 0 spiro atoms.